The molecule has 5 heteroatoms. The molecule has 1 saturated heterocycles. The van der Waals surface area contributed by atoms with Crippen molar-refractivity contribution in [3.05, 3.63) is 35.4 Å². The van der Waals surface area contributed by atoms with E-state index < -0.39 is 0 Å². The molecule has 1 atom stereocenters. The van der Waals surface area contributed by atoms with Crippen molar-refractivity contribution in [2.24, 2.45) is 5.92 Å². The van der Waals surface area contributed by atoms with E-state index in [0.717, 1.165) is 18.4 Å². The molecule has 1 aliphatic heterocycles. The number of hydrogen-bond acceptors (Lipinski definition) is 4. The molecule has 0 unspecified atom stereocenters. The van der Waals surface area contributed by atoms with E-state index in [1.807, 2.05) is 19.1 Å². The number of unbranched alkanes of at least 4 members (excludes halogenated alkanes) is 1. The molecular formula is C23H36N2O3. The Bertz CT molecular complexity index is 594. The predicted molar refractivity (Wildman–Crippen MR) is 112 cm³/mol. The molecule has 0 radical (unpaired) electrons. The number of carbonyl (C=O) groups excluding carboxylic acids is 2. The number of amides is 1. The molecule has 28 heavy (non-hydrogen) atoms. The Kier molecular flexibility index (Phi) is 10.0. The number of benzene rings is 1. The van der Waals surface area contributed by atoms with E-state index in [0.29, 0.717) is 13.0 Å². The molecule has 1 N–H and O–H groups in total. The van der Waals surface area contributed by atoms with E-state index in [1.54, 1.807) is 7.05 Å². The number of rotatable bonds is 12. The highest BCUT2D eigenvalue weighted by molar-refractivity contribution is 5.79. The Balaban J connectivity index is 1.62. The molecule has 0 saturated carbocycles. The fraction of sp³-hybridized carbons (Fsp3) is 0.652. The van der Waals surface area contributed by atoms with E-state index in [-0.39, 0.29) is 24.2 Å². The summed E-state index contributed by atoms with van der Waals surface area (Å²) < 4.78 is 5.36. The van der Waals surface area contributed by atoms with Crippen LogP contribution < -0.4 is 5.32 Å². The molecule has 156 valence electrons. The summed E-state index contributed by atoms with van der Waals surface area (Å²) in [6, 6.07) is 8.36. The highest BCUT2D eigenvalue weighted by atomic mass is 16.5. The van der Waals surface area contributed by atoms with Gasteiger partial charge in [0.25, 0.3) is 0 Å². The number of aryl methyl sites for hydroxylation is 1. The zero-order valence-corrected chi connectivity index (χ0v) is 17.5. The molecule has 1 aliphatic rings. The average Bonchev–Trinajstić information content (AvgIpc) is 3.24. The van der Waals surface area contributed by atoms with Crippen molar-refractivity contribution < 1.29 is 14.3 Å². The summed E-state index contributed by atoms with van der Waals surface area (Å²) in [7, 11) is 1.63. The van der Waals surface area contributed by atoms with Gasteiger partial charge in [-0.25, -0.2) is 0 Å². The quantitative estimate of drug-likeness (QED) is 0.438. The molecule has 1 aromatic rings. The van der Waals surface area contributed by atoms with E-state index in [2.05, 4.69) is 22.3 Å². The van der Waals surface area contributed by atoms with Crippen molar-refractivity contribution in [2.75, 3.05) is 26.7 Å². The van der Waals surface area contributed by atoms with Gasteiger partial charge in [-0.2, -0.15) is 0 Å². The molecule has 0 aliphatic carbocycles. The SMILES string of the molecule is CC[C@@H](CCC(=O)OCc1ccc(CCCCN2CCCC2)cc1)C(=O)NC. The van der Waals surface area contributed by atoms with Gasteiger partial charge in [-0.1, -0.05) is 31.2 Å². The molecule has 1 fully saturated rings. The van der Waals surface area contributed by atoms with E-state index in [9.17, 15) is 9.59 Å². The maximum absolute atomic E-state index is 11.9. The Morgan fingerprint density at radius 2 is 1.79 bits per heavy atom. The molecule has 2 rings (SSSR count). The third-order valence-electron chi connectivity index (χ3n) is 5.62. The van der Waals surface area contributed by atoms with Crippen LogP contribution in [0.5, 0.6) is 0 Å². The number of esters is 1. The van der Waals surface area contributed by atoms with Crippen LogP contribution in [0, 0.1) is 5.92 Å². The zero-order chi connectivity index (χ0) is 20.2. The summed E-state index contributed by atoms with van der Waals surface area (Å²) in [5.74, 6) is -0.373. The molecule has 1 aromatic carbocycles. The third kappa shape index (κ3) is 8.01. The molecule has 5 nitrogen and oxygen atoms in total. The van der Waals surface area contributed by atoms with Crippen molar-refractivity contribution in [1.82, 2.24) is 10.2 Å². The lowest BCUT2D eigenvalue weighted by atomic mass is 9.99. The second-order valence-corrected chi connectivity index (χ2v) is 7.74. The van der Waals surface area contributed by atoms with Gasteiger partial charge in [0.05, 0.1) is 0 Å². The Morgan fingerprint density at radius 3 is 2.43 bits per heavy atom. The van der Waals surface area contributed by atoms with Crippen LogP contribution in [0.3, 0.4) is 0 Å². The normalized spacial score (nSPS) is 15.4. The standard InChI is InChI=1S/C23H36N2O3/c1-3-21(23(27)24-2)13-14-22(26)28-18-20-11-9-19(10-12-20)8-4-5-15-25-16-6-7-17-25/h9-12,21H,3-8,13-18H2,1-2H3,(H,24,27)/t21-/m0/s1. The summed E-state index contributed by atoms with van der Waals surface area (Å²) in [5.41, 5.74) is 2.35. The summed E-state index contributed by atoms with van der Waals surface area (Å²) in [6.45, 7) is 6.04. The van der Waals surface area contributed by atoms with Crippen LogP contribution in [0.15, 0.2) is 24.3 Å². The monoisotopic (exact) mass is 388 g/mol. The third-order valence-corrected chi connectivity index (χ3v) is 5.62. The van der Waals surface area contributed by atoms with E-state index in [4.69, 9.17) is 4.74 Å². The van der Waals surface area contributed by atoms with Gasteiger partial charge in [0.1, 0.15) is 6.61 Å². The molecule has 0 bridgehead atoms. The molecule has 0 aromatic heterocycles. The maximum atomic E-state index is 11.9. The first-order valence-electron chi connectivity index (χ1n) is 10.8. The van der Waals surface area contributed by atoms with Crippen LogP contribution in [-0.2, 0) is 27.4 Å². The zero-order valence-electron chi connectivity index (χ0n) is 17.5. The van der Waals surface area contributed by atoms with Crippen molar-refractivity contribution in [2.45, 2.75) is 64.9 Å². The lowest BCUT2D eigenvalue weighted by molar-refractivity contribution is -0.145. The van der Waals surface area contributed by atoms with Crippen LogP contribution in [-0.4, -0.2) is 43.5 Å². The minimum Gasteiger partial charge on any atom is -0.461 e. The first-order valence-corrected chi connectivity index (χ1v) is 10.8. The summed E-state index contributed by atoms with van der Waals surface area (Å²) in [4.78, 5) is 26.2. The Labute approximate surface area is 169 Å². The van der Waals surface area contributed by atoms with Crippen molar-refractivity contribution in [3.8, 4) is 0 Å². The van der Waals surface area contributed by atoms with Gasteiger partial charge in [0.15, 0.2) is 0 Å². The number of carbonyl (C=O) groups is 2. The largest absolute Gasteiger partial charge is 0.461 e. The second-order valence-electron chi connectivity index (χ2n) is 7.74. The lowest BCUT2D eigenvalue weighted by Crippen LogP contribution is -2.27. The van der Waals surface area contributed by atoms with E-state index in [1.165, 1.54) is 50.9 Å². The highest BCUT2D eigenvalue weighted by Gasteiger charge is 2.17. The highest BCUT2D eigenvalue weighted by Crippen LogP contribution is 2.14. The Morgan fingerprint density at radius 1 is 1.11 bits per heavy atom. The topological polar surface area (TPSA) is 58.6 Å². The van der Waals surface area contributed by atoms with Crippen LogP contribution in [0.2, 0.25) is 0 Å². The van der Waals surface area contributed by atoms with Crippen LogP contribution in [0.1, 0.15) is 63.0 Å². The maximum Gasteiger partial charge on any atom is 0.306 e. The van der Waals surface area contributed by atoms with Gasteiger partial charge >= 0.3 is 5.97 Å². The number of hydrogen-bond donors (Lipinski definition) is 1. The van der Waals surface area contributed by atoms with Gasteiger partial charge in [0.2, 0.25) is 5.91 Å². The van der Waals surface area contributed by atoms with Gasteiger partial charge in [-0.15, -0.1) is 0 Å². The minimum absolute atomic E-state index is 0.00804. The second kappa shape index (κ2) is 12.6. The van der Waals surface area contributed by atoms with Gasteiger partial charge in [-0.05, 0) is 75.7 Å². The number of likely N-dealkylation sites (tertiary alicyclic amines) is 1. The van der Waals surface area contributed by atoms with Gasteiger partial charge in [-0.3, -0.25) is 9.59 Å². The first-order chi connectivity index (χ1) is 13.6. The molecule has 1 heterocycles. The van der Waals surface area contributed by atoms with Gasteiger partial charge in [0, 0.05) is 19.4 Å². The number of ether oxygens (including phenoxy) is 1. The summed E-state index contributed by atoms with van der Waals surface area (Å²) >= 11 is 0. The smallest absolute Gasteiger partial charge is 0.306 e. The molecular weight excluding hydrogens is 352 g/mol. The summed E-state index contributed by atoms with van der Waals surface area (Å²) in [6.07, 6.45) is 7.84. The van der Waals surface area contributed by atoms with Gasteiger partial charge < -0.3 is 15.0 Å². The predicted octanol–water partition coefficient (Wildman–Crippen LogP) is 3.70. The van der Waals surface area contributed by atoms with Crippen molar-refractivity contribution in [1.29, 1.82) is 0 Å². The van der Waals surface area contributed by atoms with E-state index >= 15 is 0 Å². The fourth-order valence-electron chi connectivity index (χ4n) is 3.73. The molecule has 0 spiro atoms. The molecule has 1 amide bonds. The van der Waals surface area contributed by atoms with Crippen LogP contribution in [0.25, 0.3) is 0 Å². The minimum atomic E-state index is -0.242. The fourth-order valence-corrected chi connectivity index (χ4v) is 3.73. The van der Waals surface area contributed by atoms with Crippen LogP contribution >= 0.6 is 0 Å². The lowest BCUT2D eigenvalue weighted by Gasteiger charge is -2.14. The Hall–Kier alpha value is -1.88. The number of nitrogens with one attached hydrogen (secondary N) is 1. The number of nitrogens with zero attached hydrogens (tertiary/aromatic N) is 1. The summed E-state index contributed by atoms with van der Waals surface area (Å²) in [5, 5.41) is 2.64. The average molecular weight is 389 g/mol. The van der Waals surface area contributed by atoms with Crippen LogP contribution in [0.4, 0.5) is 0 Å². The van der Waals surface area contributed by atoms with Crippen molar-refractivity contribution >= 4 is 11.9 Å². The van der Waals surface area contributed by atoms with Crippen molar-refractivity contribution in [3.63, 3.8) is 0 Å². The first kappa shape index (κ1) is 22.4.